The first-order valence-electron chi connectivity index (χ1n) is 5.71. The van der Waals surface area contributed by atoms with Crippen molar-refractivity contribution in [2.75, 3.05) is 41.4 Å². The predicted molar refractivity (Wildman–Crippen MR) is 70.5 cm³/mol. The molecule has 0 unspecified atom stereocenters. The van der Waals surface area contributed by atoms with E-state index in [0.29, 0.717) is 0 Å². The highest BCUT2D eigenvalue weighted by molar-refractivity contribution is 7.99. The number of hydrogen-bond donors (Lipinski definition) is 1. The minimum Gasteiger partial charge on any atom is -0.370 e. The van der Waals surface area contributed by atoms with Crippen LogP contribution in [-0.2, 0) is 0 Å². The summed E-state index contributed by atoms with van der Waals surface area (Å²) < 4.78 is 0. The topological polar surface area (TPSA) is 41.1 Å². The summed E-state index contributed by atoms with van der Waals surface area (Å²) in [6.07, 6.45) is 1.65. The van der Waals surface area contributed by atoms with Crippen molar-refractivity contribution in [1.82, 2.24) is 9.97 Å². The highest BCUT2D eigenvalue weighted by Crippen LogP contribution is 2.24. The molecule has 16 heavy (non-hydrogen) atoms. The van der Waals surface area contributed by atoms with Crippen LogP contribution >= 0.6 is 11.8 Å². The number of thioether (sulfide) groups is 1. The molecule has 1 aliphatic heterocycles. The van der Waals surface area contributed by atoms with Crippen molar-refractivity contribution in [1.29, 1.82) is 0 Å². The summed E-state index contributed by atoms with van der Waals surface area (Å²) >= 11 is 2.01. The molecule has 2 rings (SSSR count). The minimum atomic E-state index is 0.896. The largest absolute Gasteiger partial charge is 0.370 e. The molecule has 1 N–H and O–H groups in total. The van der Waals surface area contributed by atoms with Crippen LogP contribution in [0.1, 0.15) is 12.5 Å². The first-order chi connectivity index (χ1) is 7.83. The quantitative estimate of drug-likeness (QED) is 0.869. The van der Waals surface area contributed by atoms with Crippen LogP contribution in [0.3, 0.4) is 0 Å². The fourth-order valence-corrected chi connectivity index (χ4v) is 2.78. The van der Waals surface area contributed by atoms with Crippen molar-refractivity contribution >= 4 is 23.4 Å². The molecule has 1 saturated heterocycles. The Kier molecular flexibility index (Phi) is 3.88. The van der Waals surface area contributed by atoms with Crippen molar-refractivity contribution in [2.24, 2.45) is 0 Å². The molecule has 5 heteroatoms. The molecule has 0 radical (unpaired) electrons. The van der Waals surface area contributed by atoms with Gasteiger partial charge in [0.2, 0.25) is 0 Å². The van der Waals surface area contributed by atoms with Crippen molar-refractivity contribution < 1.29 is 0 Å². The Labute approximate surface area is 101 Å². The lowest BCUT2D eigenvalue weighted by atomic mass is 10.3. The smallest absolute Gasteiger partial charge is 0.137 e. The maximum absolute atomic E-state index is 4.41. The zero-order chi connectivity index (χ0) is 11.4. The van der Waals surface area contributed by atoms with E-state index in [1.807, 2.05) is 11.8 Å². The molecule has 88 valence electrons. The molecule has 0 amide bonds. The van der Waals surface area contributed by atoms with Gasteiger partial charge in [-0.1, -0.05) is 0 Å². The molecule has 0 aliphatic carbocycles. The van der Waals surface area contributed by atoms with Gasteiger partial charge in [-0.05, 0) is 13.8 Å². The number of nitrogens with zero attached hydrogens (tertiary/aromatic N) is 3. The van der Waals surface area contributed by atoms with E-state index in [4.69, 9.17) is 0 Å². The Balaban J connectivity index is 2.22. The van der Waals surface area contributed by atoms with Gasteiger partial charge in [-0.3, -0.25) is 0 Å². The second-order valence-corrected chi connectivity index (χ2v) is 5.03. The van der Waals surface area contributed by atoms with Gasteiger partial charge in [-0.2, -0.15) is 11.8 Å². The summed E-state index contributed by atoms with van der Waals surface area (Å²) in [6.45, 7) is 7.25. The molecule has 4 nitrogen and oxygen atoms in total. The van der Waals surface area contributed by atoms with Crippen LogP contribution in [0.15, 0.2) is 6.33 Å². The lowest BCUT2D eigenvalue weighted by Gasteiger charge is -2.28. The van der Waals surface area contributed by atoms with E-state index in [1.165, 1.54) is 11.5 Å². The van der Waals surface area contributed by atoms with Crippen LogP contribution in [0.4, 0.5) is 11.6 Å². The molecular weight excluding hydrogens is 220 g/mol. The van der Waals surface area contributed by atoms with Crippen molar-refractivity contribution in [3.8, 4) is 0 Å². The standard InChI is InChI=1S/C11H18N4S/c1-3-12-10-9(2)11(14-8-13-10)15-4-6-16-7-5-15/h8H,3-7H2,1-2H3,(H,12,13,14). The SMILES string of the molecule is CCNc1ncnc(N2CCSCC2)c1C. The summed E-state index contributed by atoms with van der Waals surface area (Å²) in [7, 11) is 0. The molecule has 1 fully saturated rings. The molecule has 1 aliphatic rings. The van der Waals surface area contributed by atoms with Gasteiger partial charge >= 0.3 is 0 Å². The highest BCUT2D eigenvalue weighted by atomic mass is 32.2. The van der Waals surface area contributed by atoms with Crippen LogP contribution in [0.25, 0.3) is 0 Å². The average molecular weight is 238 g/mol. The second-order valence-electron chi connectivity index (χ2n) is 3.80. The van der Waals surface area contributed by atoms with Gasteiger partial charge in [-0.15, -0.1) is 0 Å². The summed E-state index contributed by atoms with van der Waals surface area (Å²) in [5.74, 6) is 4.44. The third-order valence-corrected chi connectivity index (χ3v) is 3.65. The molecule has 0 aromatic carbocycles. The molecule has 1 aromatic heterocycles. The van der Waals surface area contributed by atoms with E-state index in [2.05, 4.69) is 34.0 Å². The normalized spacial score (nSPS) is 16.2. The van der Waals surface area contributed by atoms with Gasteiger partial charge in [0, 0.05) is 36.7 Å². The Bertz CT molecular complexity index is 350. The predicted octanol–water partition coefficient (Wildman–Crippen LogP) is 1.77. The van der Waals surface area contributed by atoms with Crippen molar-refractivity contribution in [3.05, 3.63) is 11.9 Å². The monoisotopic (exact) mass is 238 g/mol. The maximum atomic E-state index is 4.41. The van der Waals surface area contributed by atoms with E-state index >= 15 is 0 Å². The van der Waals surface area contributed by atoms with E-state index in [9.17, 15) is 0 Å². The summed E-state index contributed by atoms with van der Waals surface area (Å²) in [4.78, 5) is 11.0. The lowest BCUT2D eigenvalue weighted by Crippen LogP contribution is -2.33. The van der Waals surface area contributed by atoms with Gasteiger partial charge in [0.25, 0.3) is 0 Å². The Morgan fingerprint density at radius 2 is 2.12 bits per heavy atom. The molecule has 0 spiro atoms. The Hall–Kier alpha value is -0.970. The molecule has 0 bridgehead atoms. The number of anilines is 2. The number of hydrogen-bond acceptors (Lipinski definition) is 5. The first-order valence-corrected chi connectivity index (χ1v) is 6.86. The third-order valence-electron chi connectivity index (χ3n) is 2.71. The molecule has 1 aromatic rings. The third kappa shape index (κ3) is 2.40. The Morgan fingerprint density at radius 1 is 1.38 bits per heavy atom. The number of nitrogens with one attached hydrogen (secondary N) is 1. The van der Waals surface area contributed by atoms with Crippen LogP contribution < -0.4 is 10.2 Å². The van der Waals surface area contributed by atoms with E-state index < -0.39 is 0 Å². The summed E-state index contributed by atoms with van der Waals surface area (Å²) in [5, 5.41) is 3.27. The van der Waals surface area contributed by atoms with E-state index in [1.54, 1.807) is 6.33 Å². The lowest BCUT2D eigenvalue weighted by molar-refractivity contribution is 0.828. The van der Waals surface area contributed by atoms with E-state index in [0.717, 1.165) is 36.8 Å². The summed E-state index contributed by atoms with van der Waals surface area (Å²) in [6, 6.07) is 0. The maximum Gasteiger partial charge on any atom is 0.137 e. The van der Waals surface area contributed by atoms with Gasteiger partial charge < -0.3 is 10.2 Å². The average Bonchev–Trinajstić information content (AvgIpc) is 2.33. The van der Waals surface area contributed by atoms with Crippen molar-refractivity contribution in [3.63, 3.8) is 0 Å². The Morgan fingerprint density at radius 3 is 2.81 bits per heavy atom. The fraction of sp³-hybridized carbons (Fsp3) is 0.636. The van der Waals surface area contributed by atoms with Gasteiger partial charge in [0.15, 0.2) is 0 Å². The zero-order valence-electron chi connectivity index (χ0n) is 9.86. The van der Waals surface area contributed by atoms with Gasteiger partial charge in [0.05, 0.1) is 0 Å². The molecule has 0 atom stereocenters. The van der Waals surface area contributed by atoms with Gasteiger partial charge in [-0.25, -0.2) is 9.97 Å². The fourth-order valence-electron chi connectivity index (χ4n) is 1.88. The number of rotatable bonds is 3. The van der Waals surface area contributed by atoms with Crippen LogP contribution in [0.5, 0.6) is 0 Å². The van der Waals surface area contributed by atoms with E-state index in [-0.39, 0.29) is 0 Å². The molecule has 0 saturated carbocycles. The van der Waals surface area contributed by atoms with Crippen LogP contribution in [0, 0.1) is 6.92 Å². The molecular formula is C11H18N4S. The van der Waals surface area contributed by atoms with Crippen LogP contribution in [-0.4, -0.2) is 41.1 Å². The van der Waals surface area contributed by atoms with Gasteiger partial charge in [0.1, 0.15) is 18.0 Å². The molecule has 2 heterocycles. The van der Waals surface area contributed by atoms with Crippen LogP contribution in [0.2, 0.25) is 0 Å². The highest BCUT2D eigenvalue weighted by Gasteiger charge is 2.16. The first kappa shape index (κ1) is 11.5. The number of aromatic nitrogens is 2. The minimum absolute atomic E-state index is 0.896. The zero-order valence-corrected chi connectivity index (χ0v) is 10.7. The van der Waals surface area contributed by atoms with Crippen molar-refractivity contribution in [2.45, 2.75) is 13.8 Å². The summed E-state index contributed by atoms with van der Waals surface area (Å²) in [5.41, 5.74) is 1.16. The second kappa shape index (κ2) is 5.39.